The lowest BCUT2D eigenvalue weighted by molar-refractivity contribution is -0.384. The van der Waals surface area contributed by atoms with Crippen molar-refractivity contribution in [3.63, 3.8) is 0 Å². The van der Waals surface area contributed by atoms with E-state index in [2.05, 4.69) is 26.2 Å². The minimum Gasteiger partial charge on any atom is -0.363 e. The van der Waals surface area contributed by atoms with Crippen LogP contribution in [0.5, 0.6) is 0 Å². The molecule has 0 bridgehead atoms. The monoisotopic (exact) mass is 349 g/mol. The third kappa shape index (κ3) is 3.76. The number of rotatable bonds is 4. The maximum atomic E-state index is 10.9. The summed E-state index contributed by atoms with van der Waals surface area (Å²) in [5.74, 6) is 3.77. The number of thioether (sulfide) groups is 2. The molecule has 1 atom stereocenters. The Labute approximate surface area is 122 Å². The van der Waals surface area contributed by atoms with Crippen LogP contribution in [0.2, 0.25) is 0 Å². The number of anilines is 1. The molecule has 5 nitrogen and oxygen atoms in total. The van der Waals surface area contributed by atoms with E-state index in [9.17, 15) is 10.1 Å². The van der Waals surface area contributed by atoms with Gasteiger partial charge >= 0.3 is 5.69 Å². The highest BCUT2D eigenvalue weighted by atomic mass is 79.9. The van der Waals surface area contributed by atoms with Crippen LogP contribution in [0.25, 0.3) is 0 Å². The number of nitrogens with zero attached hydrogens (tertiary/aromatic N) is 2. The Balaban J connectivity index is 2.01. The molecule has 0 aliphatic carbocycles. The number of halogens is 1. The largest absolute Gasteiger partial charge is 0.363 e. The molecule has 1 aliphatic heterocycles. The molecule has 98 valence electrons. The second-order valence-electron chi connectivity index (χ2n) is 3.73. The zero-order valence-electron chi connectivity index (χ0n) is 9.47. The normalized spacial score (nSPS) is 19.5. The number of nitro groups is 1. The van der Waals surface area contributed by atoms with E-state index in [0.29, 0.717) is 22.1 Å². The van der Waals surface area contributed by atoms with Gasteiger partial charge in [-0.25, -0.2) is 4.98 Å². The number of hydrogen-bond donors (Lipinski definition) is 1. The van der Waals surface area contributed by atoms with Crippen LogP contribution in [0.1, 0.15) is 0 Å². The van der Waals surface area contributed by atoms with E-state index < -0.39 is 4.92 Å². The molecule has 2 rings (SSSR count). The topological polar surface area (TPSA) is 68.1 Å². The van der Waals surface area contributed by atoms with Gasteiger partial charge in [0, 0.05) is 45.8 Å². The second kappa shape index (κ2) is 6.63. The van der Waals surface area contributed by atoms with Crippen LogP contribution in [0, 0.1) is 10.1 Å². The van der Waals surface area contributed by atoms with E-state index >= 15 is 0 Å². The summed E-state index contributed by atoms with van der Waals surface area (Å²) < 4.78 is 0.613. The first kappa shape index (κ1) is 14.0. The van der Waals surface area contributed by atoms with Crippen molar-refractivity contribution in [2.45, 2.75) is 5.25 Å². The van der Waals surface area contributed by atoms with Gasteiger partial charge in [-0.1, -0.05) is 0 Å². The Kier molecular flexibility index (Phi) is 5.13. The fourth-order valence-electron chi connectivity index (χ4n) is 1.57. The zero-order chi connectivity index (χ0) is 13.0. The Morgan fingerprint density at radius 1 is 1.61 bits per heavy atom. The van der Waals surface area contributed by atoms with Crippen LogP contribution in [0.15, 0.2) is 16.7 Å². The van der Waals surface area contributed by atoms with Gasteiger partial charge in [0.1, 0.15) is 0 Å². The SMILES string of the molecule is O=[N+]([O-])c1cc(Br)cnc1NCC1CSCCS1. The predicted octanol–water partition coefficient (Wildman–Crippen LogP) is 3.01. The number of nitrogens with one attached hydrogen (secondary N) is 1. The van der Waals surface area contributed by atoms with Gasteiger partial charge in [0.05, 0.1) is 4.92 Å². The standard InChI is InChI=1S/C10H12BrN3O2S2/c11-7-3-9(14(15)16)10(12-4-7)13-5-8-6-17-1-2-18-8/h3-4,8H,1-2,5-6H2,(H,12,13). The Morgan fingerprint density at radius 2 is 2.44 bits per heavy atom. The van der Waals surface area contributed by atoms with E-state index in [0.717, 1.165) is 11.5 Å². The van der Waals surface area contributed by atoms with Gasteiger partial charge in [0.25, 0.3) is 0 Å². The Bertz CT molecular complexity index is 441. The van der Waals surface area contributed by atoms with Gasteiger partial charge in [0.2, 0.25) is 5.82 Å². The van der Waals surface area contributed by atoms with Gasteiger partial charge in [-0.2, -0.15) is 23.5 Å². The summed E-state index contributed by atoms with van der Waals surface area (Å²) >= 11 is 7.03. The van der Waals surface area contributed by atoms with Crippen molar-refractivity contribution in [1.82, 2.24) is 4.98 Å². The maximum Gasteiger partial charge on any atom is 0.312 e. The molecule has 8 heteroatoms. The third-order valence-electron chi connectivity index (χ3n) is 2.41. The van der Waals surface area contributed by atoms with E-state index in [1.54, 1.807) is 6.20 Å². The number of hydrogen-bond acceptors (Lipinski definition) is 6. The van der Waals surface area contributed by atoms with Crippen LogP contribution in [0.4, 0.5) is 11.5 Å². The Morgan fingerprint density at radius 3 is 3.11 bits per heavy atom. The van der Waals surface area contributed by atoms with E-state index in [4.69, 9.17) is 0 Å². The zero-order valence-corrected chi connectivity index (χ0v) is 12.7. The lowest BCUT2D eigenvalue weighted by Crippen LogP contribution is -2.23. The van der Waals surface area contributed by atoms with Crippen molar-refractivity contribution in [3.8, 4) is 0 Å². The third-order valence-corrected chi connectivity index (χ3v) is 5.69. The summed E-state index contributed by atoms with van der Waals surface area (Å²) in [6, 6.07) is 1.47. The fourth-order valence-corrected chi connectivity index (χ4v) is 4.50. The summed E-state index contributed by atoms with van der Waals surface area (Å²) in [7, 11) is 0. The molecular formula is C10H12BrN3O2S2. The summed E-state index contributed by atoms with van der Waals surface area (Å²) in [6.07, 6.45) is 1.57. The van der Waals surface area contributed by atoms with E-state index in [-0.39, 0.29) is 5.69 Å². The van der Waals surface area contributed by atoms with E-state index in [1.165, 1.54) is 11.8 Å². The van der Waals surface area contributed by atoms with Gasteiger partial charge in [0.15, 0.2) is 0 Å². The van der Waals surface area contributed by atoms with Gasteiger partial charge in [-0.05, 0) is 15.9 Å². The Hall–Kier alpha value is -0.470. The first-order chi connectivity index (χ1) is 8.66. The van der Waals surface area contributed by atoms with Crippen molar-refractivity contribution < 1.29 is 4.92 Å². The molecule has 1 saturated heterocycles. The van der Waals surface area contributed by atoms with Crippen molar-refractivity contribution >= 4 is 51.0 Å². The molecule has 1 aliphatic rings. The van der Waals surface area contributed by atoms with Gasteiger partial charge in [-0.15, -0.1) is 0 Å². The minimum absolute atomic E-state index is 0.0119. The molecule has 2 heterocycles. The molecule has 18 heavy (non-hydrogen) atoms. The highest BCUT2D eigenvalue weighted by molar-refractivity contribution is 9.10. The molecule has 1 unspecified atom stereocenters. The quantitative estimate of drug-likeness (QED) is 0.665. The lowest BCUT2D eigenvalue weighted by Gasteiger charge is -2.21. The molecular weight excluding hydrogens is 338 g/mol. The highest BCUT2D eigenvalue weighted by Gasteiger charge is 2.19. The molecule has 0 radical (unpaired) electrons. The first-order valence-corrected chi connectivity index (χ1v) is 8.39. The van der Waals surface area contributed by atoms with Crippen LogP contribution in [-0.4, -0.2) is 39.0 Å². The number of pyridine rings is 1. The summed E-state index contributed by atoms with van der Waals surface area (Å²) in [5, 5.41) is 14.5. The second-order valence-corrected chi connectivity index (χ2v) is 7.20. The summed E-state index contributed by atoms with van der Waals surface area (Å²) in [6.45, 7) is 0.715. The van der Waals surface area contributed by atoms with Gasteiger partial charge in [-0.3, -0.25) is 10.1 Å². The van der Waals surface area contributed by atoms with Crippen molar-refractivity contribution in [3.05, 3.63) is 26.9 Å². The fraction of sp³-hybridized carbons (Fsp3) is 0.500. The van der Waals surface area contributed by atoms with Gasteiger partial charge < -0.3 is 5.32 Å². The number of aromatic nitrogens is 1. The summed E-state index contributed by atoms with van der Waals surface area (Å²) in [5.41, 5.74) is 0.0119. The molecule has 1 aromatic heterocycles. The van der Waals surface area contributed by atoms with Crippen LogP contribution >= 0.6 is 39.5 Å². The minimum atomic E-state index is -0.414. The molecule has 1 aromatic rings. The molecule has 0 spiro atoms. The molecule has 0 saturated carbocycles. The summed E-state index contributed by atoms with van der Waals surface area (Å²) in [4.78, 5) is 14.6. The molecule has 1 N–H and O–H groups in total. The highest BCUT2D eigenvalue weighted by Crippen LogP contribution is 2.27. The van der Waals surface area contributed by atoms with Crippen molar-refractivity contribution in [2.75, 3.05) is 29.1 Å². The van der Waals surface area contributed by atoms with Crippen molar-refractivity contribution in [1.29, 1.82) is 0 Å². The predicted molar refractivity (Wildman–Crippen MR) is 80.7 cm³/mol. The first-order valence-electron chi connectivity index (χ1n) is 5.40. The molecule has 1 fully saturated rings. The lowest BCUT2D eigenvalue weighted by atomic mass is 10.3. The average Bonchev–Trinajstić information content (AvgIpc) is 2.38. The van der Waals surface area contributed by atoms with Crippen LogP contribution < -0.4 is 5.32 Å². The molecule has 0 aromatic carbocycles. The van der Waals surface area contributed by atoms with Crippen LogP contribution in [0.3, 0.4) is 0 Å². The smallest absolute Gasteiger partial charge is 0.312 e. The van der Waals surface area contributed by atoms with Crippen molar-refractivity contribution in [2.24, 2.45) is 0 Å². The van der Waals surface area contributed by atoms with Crippen LogP contribution in [-0.2, 0) is 0 Å². The average molecular weight is 350 g/mol. The molecule has 0 amide bonds. The maximum absolute atomic E-state index is 10.9. The van der Waals surface area contributed by atoms with E-state index in [1.807, 2.05) is 23.5 Å².